The van der Waals surface area contributed by atoms with Crippen molar-refractivity contribution in [1.29, 1.82) is 0 Å². The second-order valence-corrected chi connectivity index (χ2v) is 8.20. The molecule has 0 atom stereocenters. The Balaban J connectivity index is 1.59. The van der Waals surface area contributed by atoms with Crippen molar-refractivity contribution in [3.05, 3.63) is 110 Å². The summed E-state index contributed by atoms with van der Waals surface area (Å²) in [5.74, 6) is 0. The van der Waals surface area contributed by atoms with Crippen molar-refractivity contribution in [3.63, 3.8) is 0 Å². The van der Waals surface area contributed by atoms with E-state index in [1.54, 1.807) is 6.33 Å². The number of para-hydroxylation sites is 1. The lowest BCUT2D eigenvalue weighted by Gasteiger charge is -2.12. The zero-order chi connectivity index (χ0) is 22.5. The molecule has 7 rings (SSSR count). The molecule has 0 saturated heterocycles. The van der Waals surface area contributed by atoms with Gasteiger partial charge in [0.1, 0.15) is 17.4 Å². The second kappa shape index (κ2) is 7.39. The molecule has 0 fully saturated rings. The predicted molar refractivity (Wildman–Crippen MR) is 135 cm³/mol. The van der Waals surface area contributed by atoms with Gasteiger partial charge in [-0.2, -0.15) is 0 Å². The van der Waals surface area contributed by atoms with Gasteiger partial charge in [-0.15, -0.1) is 0 Å². The van der Waals surface area contributed by atoms with Gasteiger partial charge in [-0.25, -0.2) is 15.0 Å². The van der Waals surface area contributed by atoms with E-state index in [-0.39, 0.29) is 0 Å². The number of nitrogens with zero attached hydrogens (tertiary/aromatic N) is 4. The Morgan fingerprint density at radius 1 is 0.706 bits per heavy atom. The molecule has 4 aromatic heterocycles. The number of hydrogen-bond donors (Lipinski definition) is 0. The summed E-state index contributed by atoms with van der Waals surface area (Å²) >= 11 is 0. The van der Waals surface area contributed by atoms with E-state index in [4.69, 9.17) is 9.40 Å². The molecule has 0 radical (unpaired) electrons. The van der Waals surface area contributed by atoms with E-state index in [9.17, 15) is 0 Å². The van der Waals surface area contributed by atoms with E-state index < -0.39 is 0 Å². The fraction of sp³-hybridized carbons (Fsp3) is 0. The fourth-order valence-electron chi connectivity index (χ4n) is 4.62. The SMILES string of the molecule is c1ccc(-c2cc(-n3c4cncnc4c4c5ccccc5oc43)cc(-c3ccccc3)n2)cc1. The highest BCUT2D eigenvalue weighted by molar-refractivity contribution is 6.18. The van der Waals surface area contributed by atoms with Crippen LogP contribution in [0.3, 0.4) is 0 Å². The number of rotatable bonds is 3. The number of benzene rings is 3. The smallest absolute Gasteiger partial charge is 0.215 e. The Bertz CT molecular complexity index is 1740. The van der Waals surface area contributed by atoms with Crippen LogP contribution in [-0.4, -0.2) is 19.5 Å². The van der Waals surface area contributed by atoms with Crippen LogP contribution >= 0.6 is 0 Å². The van der Waals surface area contributed by atoms with Crippen molar-refractivity contribution in [2.45, 2.75) is 0 Å². The fourth-order valence-corrected chi connectivity index (χ4v) is 4.62. The molecule has 0 spiro atoms. The van der Waals surface area contributed by atoms with Crippen LogP contribution in [0.1, 0.15) is 0 Å². The Kier molecular flexibility index (Phi) is 4.08. The Morgan fingerprint density at radius 2 is 1.35 bits per heavy atom. The van der Waals surface area contributed by atoms with Gasteiger partial charge >= 0.3 is 0 Å². The molecule has 0 aliphatic carbocycles. The normalized spacial score (nSPS) is 11.5. The summed E-state index contributed by atoms with van der Waals surface area (Å²) in [6.07, 6.45) is 3.43. The van der Waals surface area contributed by atoms with E-state index in [1.165, 1.54) is 0 Å². The highest BCUT2D eigenvalue weighted by Crippen LogP contribution is 2.38. The Hall–Kier alpha value is -4.77. The summed E-state index contributed by atoms with van der Waals surface area (Å²) in [6, 6.07) is 32.7. The van der Waals surface area contributed by atoms with Gasteiger partial charge in [-0.1, -0.05) is 78.9 Å². The highest BCUT2D eigenvalue weighted by atomic mass is 16.3. The van der Waals surface area contributed by atoms with Gasteiger partial charge in [0.25, 0.3) is 0 Å². The predicted octanol–water partition coefficient (Wildman–Crippen LogP) is 7.05. The standard InChI is InChI=1S/C29H18N4O/c1-3-9-19(10-4-1)23-15-21(16-24(32-23)20-11-5-2-6-12-20)33-25-17-30-18-31-28(25)27-22-13-7-8-14-26(22)34-29(27)33/h1-18H. The first kappa shape index (κ1) is 18.8. The zero-order valence-electron chi connectivity index (χ0n) is 18.1. The molecule has 34 heavy (non-hydrogen) atoms. The zero-order valence-corrected chi connectivity index (χ0v) is 18.1. The molecule has 5 heteroatoms. The molecule has 3 aromatic carbocycles. The van der Waals surface area contributed by atoms with Crippen molar-refractivity contribution >= 4 is 33.1 Å². The van der Waals surface area contributed by atoms with Gasteiger partial charge in [0.05, 0.1) is 34.2 Å². The van der Waals surface area contributed by atoms with E-state index in [0.29, 0.717) is 0 Å². The van der Waals surface area contributed by atoms with Crippen LogP contribution in [-0.2, 0) is 0 Å². The van der Waals surface area contributed by atoms with Crippen LogP contribution in [0.25, 0.3) is 61.3 Å². The number of pyridine rings is 1. The van der Waals surface area contributed by atoms with Crippen molar-refractivity contribution in [3.8, 4) is 28.2 Å². The minimum absolute atomic E-state index is 0.751. The summed E-state index contributed by atoms with van der Waals surface area (Å²) in [7, 11) is 0. The Morgan fingerprint density at radius 3 is 2.06 bits per heavy atom. The third kappa shape index (κ3) is 2.84. The first-order valence-electron chi connectivity index (χ1n) is 11.1. The largest absolute Gasteiger partial charge is 0.439 e. The van der Waals surface area contributed by atoms with Gasteiger partial charge in [0, 0.05) is 16.5 Å². The molecule has 5 nitrogen and oxygen atoms in total. The first-order chi connectivity index (χ1) is 16.9. The topological polar surface area (TPSA) is 56.7 Å². The molecule has 0 N–H and O–H groups in total. The van der Waals surface area contributed by atoms with Crippen LogP contribution < -0.4 is 0 Å². The van der Waals surface area contributed by atoms with Crippen molar-refractivity contribution < 1.29 is 4.42 Å². The third-order valence-corrected chi connectivity index (χ3v) is 6.16. The highest BCUT2D eigenvalue weighted by Gasteiger charge is 2.21. The number of furan rings is 1. The van der Waals surface area contributed by atoms with Crippen molar-refractivity contribution in [1.82, 2.24) is 19.5 Å². The molecule has 7 aromatic rings. The first-order valence-corrected chi connectivity index (χ1v) is 11.1. The lowest BCUT2D eigenvalue weighted by Crippen LogP contribution is -1.98. The minimum atomic E-state index is 0.751. The van der Waals surface area contributed by atoms with E-state index in [1.807, 2.05) is 60.8 Å². The minimum Gasteiger partial charge on any atom is -0.439 e. The average Bonchev–Trinajstić information content (AvgIpc) is 3.44. The molecule has 160 valence electrons. The number of fused-ring (bicyclic) bond motifs is 5. The van der Waals surface area contributed by atoms with Gasteiger partial charge in [-0.05, 0) is 18.2 Å². The van der Waals surface area contributed by atoms with Gasteiger partial charge in [-0.3, -0.25) is 4.57 Å². The van der Waals surface area contributed by atoms with Gasteiger partial charge < -0.3 is 4.42 Å². The summed E-state index contributed by atoms with van der Waals surface area (Å²) in [5.41, 5.74) is 8.18. The lowest BCUT2D eigenvalue weighted by molar-refractivity contribution is 0.645. The lowest BCUT2D eigenvalue weighted by atomic mass is 10.1. The average molecular weight is 438 g/mol. The van der Waals surface area contributed by atoms with E-state index in [2.05, 4.69) is 57.0 Å². The van der Waals surface area contributed by atoms with Crippen LogP contribution in [0.2, 0.25) is 0 Å². The van der Waals surface area contributed by atoms with Crippen molar-refractivity contribution in [2.24, 2.45) is 0 Å². The maximum Gasteiger partial charge on any atom is 0.215 e. The van der Waals surface area contributed by atoms with Gasteiger partial charge in [0.15, 0.2) is 0 Å². The summed E-state index contributed by atoms with van der Waals surface area (Å²) < 4.78 is 8.49. The molecule has 0 amide bonds. The molecule has 0 aliphatic rings. The number of hydrogen-bond acceptors (Lipinski definition) is 4. The van der Waals surface area contributed by atoms with Crippen LogP contribution in [0.4, 0.5) is 0 Å². The monoisotopic (exact) mass is 438 g/mol. The summed E-state index contributed by atoms with van der Waals surface area (Å²) in [4.78, 5) is 14.0. The van der Waals surface area contributed by atoms with Crippen LogP contribution in [0.5, 0.6) is 0 Å². The molecule has 0 bridgehead atoms. The van der Waals surface area contributed by atoms with E-state index >= 15 is 0 Å². The molecular formula is C29H18N4O. The molecule has 0 saturated carbocycles. The molecular weight excluding hydrogens is 420 g/mol. The summed E-state index contributed by atoms with van der Waals surface area (Å²) in [6.45, 7) is 0. The Labute approximate surface area is 195 Å². The van der Waals surface area contributed by atoms with Gasteiger partial charge in [0.2, 0.25) is 5.71 Å². The molecule has 4 heterocycles. The van der Waals surface area contributed by atoms with Crippen molar-refractivity contribution in [2.75, 3.05) is 0 Å². The number of aromatic nitrogens is 4. The van der Waals surface area contributed by atoms with Crippen LogP contribution in [0, 0.1) is 0 Å². The molecule has 0 aliphatic heterocycles. The van der Waals surface area contributed by atoms with E-state index in [0.717, 1.165) is 61.3 Å². The second-order valence-electron chi connectivity index (χ2n) is 8.20. The maximum absolute atomic E-state index is 6.39. The van der Waals surface area contributed by atoms with Crippen LogP contribution in [0.15, 0.2) is 114 Å². The maximum atomic E-state index is 6.39. The third-order valence-electron chi connectivity index (χ3n) is 6.16. The summed E-state index contributed by atoms with van der Waals surface area (Å²) in [5, 5.41) is 2.04. The molecule has 0 unspecified atom stereocenters. The quantitative estimate of drug-likeness (QED) is 0.297.